The van der Waals surface area contributed by atoms with Crippen molar-refractivity contribution in [2.24, 2.45) is 0 Å². The van der Waals surface area contributed by atoms with Gasteiger partial charge in [0.15, 0.2) is 5.65 Å². The largest absolute Gasteiger partial charge is 0.481 e. The van der Waals surface area contributed by atoms with Crippen LogP contribution in [0.25, 0.3) is 22.3 Å². The maximum absolute atomic E-state index is 14.2. The number of aliphatic carboxylic acids is 1. The van der Waals surface area contributed by atoms with Gasteiger partial charge in [-0.15, -0.1) is 0 Å². The monoisotopic (exact) mass is 329 g/mol. The molecule has 2 heterocycles. The molecule has 0 aliphatic heterocycles. The lowest BCUT2D eigenvalue weighted by Crippen LogP contribution is -2.04. The van der Waals surface area contributed by atoms with Gasteiger partial charge in [-0.1, -0.05) is 12.1 Å². The zero-order valence-electron chi connectivity index (χ0n) is 13.2. The predicted molar refractivity (Wildman–Crippen MR) is 86.9 cm³/mol. The minimum atomic E-state index is -1.09. The smallest absolute Gasteiger partial charge is 0.307 e. The maximum Gasteiger partial charge on any atom is 0.307 e. The molecule has 0 bridgehead atoms. The van der Waals surface area contributed by atoms with Crippen LogP contribution >= 0.6 is 0 Å². The van der Waals surface area contributed by atoms with E-state index in [1.54, 1.807) is 10.7 Å². The van der Waals surface area contributed by atoms with Gasteiger partial charge >= 0.3 is 5.97 Å². The van der Waals surface area contributed by atoms with Crippen LogP contribution < -0.4 is 5.73 Å². The summed E-state index contributed by atoms with van der Waals surface area (Å²) in [4.78, 5) is 19.0. The van der Waals surface area contributed by atoms with Gasteiger partial charge in [-0.05, 0) is 25.5 Å². The predicted octanol–water partition coefficient (Wildman–Crippen LogP) is 2.42. The number of nitrogen functional groups attached to an aromatic ring is 1. The van der Waals surface area contributed by atoms with Crippen LogP contribution in [0.2, 0.25) is 0 Å². The molecule has 24 heavy (non-hydrogen) atoms. The molecule has 0 atom stereocenters. The van der Waals surface area contributed by atoms with Crippen molar-refractivity contribution in [3.05, 3.63) is 35.9 Å². The molecule has 1 aromatic carbocycles. The molecule has 0 aliphatic rings. The maximum atomic E-state index is 14.2. The number of aromatic nitrogens is 4. The highest BCUT2D eigenvalue weighted by atomic mass is 19.1. The molecule has 2 aromatic heterocycles. The van der Waals surface area contributed by atoms with Gasteiger partial charge in [0, 0.05) is 11.6 Å². The molecule has 0 spiro atoms. The minimum Gasteiger partial charge on any atom is -0.481 e. The average molecular weight is 329 g/mol. The fraction of sp³-hybridized carbons (Fsp3) is 0.250. The number of rotatable bonds is 4. The van der Waals surface area contributed by atoms with E-state index in [0.29, 0.717) is 22.3 Å². The van der Waals surface area contributed by atoms with Crippen molar-refractivity contribution in [1.29, 1.82) is 0 Å². The molecule has 7 nitrogen and oxygen atoms in total. The van der Waals surface area contributed by atoms with E-state index in [1.165, 1.54) is 18.5 Å². The van der Waals surface area contributed by atoms with Gasteiger partial charge < -0.3 is 10.8 Å². The van der Waals surface area contributed by atoms with Gasteiger partial charge in [-0.25, -0.2) is 19.0 Å². The number of hydrogen-bond acceptors (Lipinski definition) is 5. The third-order valence-corrected chi connectivity index (χ3v) is 3.68. The Labute approximate surface area is 137 Å². The summed E-state index contributed by atoms with van der Waals surface area (Å²) < 4.78 is 15.9. The fourth-order valence-corrected chi connectivity index (χ4v) is 2.56. The number of carbonyl (C=O) groups is 1. The van der Waals surface area contributed by atoms with Crippen molar-refractivity contribution in [3.8, 4) is 11.3 Å². The van der Waals surface area contributed by atoms with Crippen molar-refractivity contribution in [2.45, 2.75) is 26.3 Å². The lowest BCUT2D eigenvalue weighted by Gasteiger charge is -2.05. The molecule has 0 amide bonds. The first-order valence-corrected chi connectivity index (χ1v) is 7.37. The van der Waals surface area contributed by atoms with Crippen molar-refractivity contribution in [2.75, 3.05) is 5.73 Å². The normalized spacial score (nSPS) is 11.3. The molecule has 0 aliphatic carbocycles. The molecule has 0 fully saturated rings. The standard InChI is InChI=1S/C16H16FN5O2/c1-8(2)22-16-13(15(18)19-7-20-16)14(21-22)10-4-3-9(6-12(23)24)11(17)5-10/h3-5,7-8H,6H2,1-2H3,(H,23,24)(H2,18,19,20). The van der Waals surface area contributed by atoms with Crippen LogP contribution in [-0.2, 0) is 11.2 Å². The van der Waals surface area contributed by atoms with Gasteiger partial charge in [0.1, 0.15) is 23.7 Å². The highest BCUT2D eigenvalue weighted by molar-refractivity contribution is 5.98. The summed E-state index contributed by atoms with van der Waals surface area (Å²) in [6.45, 7) is 3.90. The first kappa shape index (κ1) is 15.9. The topological polar surface area (TPSA) is 107 Å². The summed E-state index contributed by atoms with van der Waals surface area (Å²) in [5.41, 5.74) is 7.61. The quantitative estimate of drug-likeness (QED) is 0.761. The van der Waals surface area contributed by atoms with Gasteiger partial charge in [0.05, 0.1) is 11.8 Å². The van der Waals surface area contributed by atoms with Crippen LogP contribution in [0.4, 0.5) is 10.2 Å². The second kappa shape index (κ2) is 5.88. The minimum absolute atomic E-state index is 0.0340. The average Bonchev–Trinajstić information content (AvgIpc) is 2.90. The lowest BCUT2D eigenvalue weighted by molar-refractivity contribution is -0.136. The Morgan fingerprint density at radius 2 is 2.12 bits per heavy atom. The molecule has 8 heteroatoms. The van der Waals surface area contributed by atoms with Crippen LogP contribution in [0.3, 0.4) is 0 Å². The summed E-state index contributed by atoms with van der Waals surface area (Å²) in [6.07, 6.45) is 0.983. The Balaban J connectivity index is 2.19. The third-order valence-electron chi connectivity index (χ3n) is 3.68. The molecule has 124 valence electrons. The molecule has 0 saturated heterocycles. The number of nitrogens with zero attached hydrogens (tertiary/aromatic N) is 4. The second-order valence-electron chi connectivity index (χ2n) is 5.72. The Kier molecular flexibility index (Phi) is 3.88. The molecule has 3 rings (SSSR count). The number of fused-ring (bicyclic) bond motifs is 1. The van der Waals surface area contributed by atoms with E-state index in [4.69, 9.17) is 10.8 Å². The van der Waals surface area contributed by atoms with E-state index in [2.05, 4.69) is 15.1 Å². The highest BCUT2D eigenvalue weighted by Crippen LogP contribution is 2.32. The SMILES string of the molecule is CC(C)n1nc(-c2ccc(CC(=O)O)c(F)c2)c2c(N)ncnc21. The van der Waals surface area contributed by atoms with Crippen molar-refractivity contribution in [1.82, 2.24) is 19.7 Å². The van der Waals surface area contributed by atoms with Crippen molar-refractivity contribution < 1.29 is 14.3 Å². The first-order chi connectivity index (χ1) is 11.4. The number of benzene rings is 1. The van der Waals surface area contributed by atoms with Gasteiger partial charge in [0.25, 0.3) is 0 Å². The number of carboxylic acid groups (broad SMARTS) is 1. The van der Waals surface area contributed by atoms with E-state index in [-0.39, 0.29) is 23.8 Å². The summed E-state index contributed by atoms with van der Waals surface area (Å²) in [6, 6.07) is 4.36. The molecular formula is C16H16FN5O2. The molecule has 0 unspecified atom stereocenters. The van der Waals surface area contributed by atoms with E-state index in [0.717, 1.165) is 0 Å². The van der Waals surface area contributed by atoms with E-state index in [9.17, 15) is 9.18 Å². The van der Waals surface area contributed by atoms with E-state index < -0.39 is 11.8 Å². The molecule has 0 saturated carbocycles. The van der Waals surface area contributed by atoms with Crippen molar-refractivity contribution in [3.63, 3.8) is 0 Å². The molecular weight excluding hydrogens is 313 g/mol. The summed E-state index contributed by atoms with van der Waals surface area (Å²) in [7, 11) is 0. The number of hydrogen-bond donors (Lipinski definition) is 2. The second-order valence-corrected chi connectivity index (χ2v) is 5.72. The Morgan fingerprint density at radius 1 is 1.38 bits per heavy atom. The van der Waals surface area contributed by atoms with Crippen LogP contribution in [-0.4, -0.2) is 30.8 Å². The number of carboxylic acids is 1. The van der Waals surface area contributed by atoms with Crippen LogP contribution in [0.5, 0.6) is 0 Å². The van der Waals surface area contributed by atoms with Crippen LogP contribution in [0.15, 0.2) is 24.5 Å². The molecule has 0 radical (unpaired) electrons. The Morgan fingerprint density at radius 3 is 2.75 bits per heavy atom. The van der Waals surface area contributed by atoms with Crippen LogP contribution in [0.1, 0.15) is 25.5 Å². The lowest BCUT2D eigenvalue weighted by atomic mass is 10.0. The van der Waals surface area contributed by atoms with Gasteiger partial charge in [-0.3, -0.25) is 4.79 Å². The van der Waals surface area contributed by atoms with E-state index >= 15 is 0 Å². The number of halogens is 1. The summed E-state index contributed by atoms with van der Waals surface area (Å²) in [5.74, 6) is -1.43. The van der Waals surface area contributed by atoms with E-state index in [1.807, 2.05) is 13.8 Å². The third kappa shape index (κ3) is 2.66. The fourth-order valence-electron chi connectivity index (χ4n) is 2.56. The van der Waals surface area contributed by atoms with Gasteiger partial charge in [0.2, 0.25) is 0 Å². The first-order valence-electron chi connectivity index (χ1n) is 7.37. The number of nitrogens with two attached hydrogens (primary N) is 1. The highest BCUT2D eigenvalue weighted by Gasteiger charge is 2.19. The Hall–Kier alpha value is -3.03. The molecule has 3 aromatic rings. The summed E-state index contributed by atoms with van der Waals surface area (Å²) in [5, 5.41) is 13.9. The van der Waals surface area contributed by atoms with Gasteiger partial charge in [-0.2, -0.15) is 5.10 Å². The zero-order chi connectivity index (χ0) is 17.4. The van der Waals surface area contributed by atoms with Crippen molar-refractivity contribution >= 4 is 22.8 Å². The summed E-state index contributed by atoms with van der Waals surface area (Å²) >= 11 is 0. The zero-order valence-corrected chi connectivity index (χ0v) is 13.2. The van der Waals surface area contributed by atoms with Crippen LogP contribution in [0, 0.1) is 5.82 Å². The molecule has 3 N–H and O–H groups in total. The number of anilines is 1. The Bertz CT molecular complexity index is 936.